The van der Waals surface area contributed by atoms with E-state index in [2.05, 4.69) is 49.5 Å². The van der Waals surface area contributed by atoms with Crippen LogP contribution in [0.15, 0.2) is 27.3 Å². The second-order valence-electron chi connectivity index (χ2n) is 4.26. The predicted molar refractivity (Wildman–Crippen MR) is 79.1 cm³/mol. The quantitative estimate of drug-likeness (QED) is 0.785. The molecule has 8 heteroatoms. The first-order valence-electron chi connectivity index (χ1n) is 5.86. The van der Waals surface area contributed by atoms with Crippen LogP contribution in [0.2, 0.25) is 0 Å². The number of aromatic nitrogens is 4. The molecular weight excluding hydrogens is 298 g/mol. The van der Waals surface area contributed by atoms with Gasteiger partial charge in [-0.2, -0.15) is 4.37 Å². The van der Waals surface area contributed by atoms with Gasteiger partial charge in [-0.3, -0.25) is 4.40 Å². The Morgan fingerprint density at radius 2 is 2.37 bits per heavy atom. The summed E-state index contributed by atoms with van der Waals surface area (Å²) in [5.74, 6) is 0. The Morgan fingerprint density at radius 1 is 1.47 bits per heavy atom. The first-order chi connectivity index (χ1) is 9.24. The van der Waals surface area contributed by atoms with Gasteiger partial charge in [0.05, 0.1) is 5.69 Å². The summed E-state index contributed by atoms with van der Waals surface area (Å²) in [6.45, 7) is 5.09. The van der Waals surface area contributed by atoms with Crippen LogP contribution in [0.5, 0.6) is 0 Å². The molecule has 3 heterocycles. The fourth-order valence-corrected chi connectivity index (χ4v) is 3.92. The molecule has 0 aliphatic carbocycles. The molecule has 100 valence electrons. The van der Waals surface area contributed by atoms with Gasteiger partial charge in [0.2, 0.25) is 0 Å². The molecule has 0 aliphatic rings. The Balaban J connectivity index is 1.93. The van der Waals surface area contributed by atoms with Gasteiger partial charge >= 0.3 is 0 Å². The Bertz CT molecular complexity index is 655. The molecule has 0 radical (unpaired) electrons. The molecule has 0 aliphatic heterocycles. The lowest BCUT2D eigenvalue weighted by Gasteiger charge is -2.08. The minimum absolute atomic E-state index is 0.448. The van der Waals surface area contributed by atoms with Crippen molar-refractivity contribution in [1.29, 1.82) is 0 Å². The molecule has 0 amide bonds. The SMILES string of the molecule is CC(C)NCc1c(Sc2ncns2)nc2sccn12. The lowest BCUT2D eigenvalue weighted by atomic mass is 10.3. The average Bonchev–Trinajstić information content (AvgIpc) is 3.04. The van der Waals surface area contributed by atoms with Crippen molar-refractivity contribution in [3.63, 3.8) is 0 Å². The number of rotatable bonds is 5. The van der Waals surface area contributed by atoms with E-state index >= 15 is 0 Å². The van der Waals surface area contributed by atoms with Gasteiger partial charge in [0.15, 0.2) is 9.30 Å². The molecule has 0 spiro atoms. The van der Waals surface area contributed by atoms with Crippen LogP contribution in [0, 0.1) is 0 Å². The highest BCUT2D eigenvalue weighted by atomic mass is 32.2. The second-order valence-corrected chi connectivity index (χ2v) is 7.15. The van der Waals surface area contributed by atoms with Crippen LogP contribution in [-0.2, 0) is 6.54 Å². The topological polar surface area (TPSA) is 55.1 Å². The highest BCUT2D eigenvalue weighted by Crippen LogP contribution is 2.32. The van der Waals surface area contributed by atoms with Gasteiger partial charge in [-0.25, -0.2) is 9.97 Å². The summed E-state index contributed by atoms with van der Waals surface area (Å²) in [4.78, 5) is 9.90. The molecule has 0 bridgehead atoms. The van der Waals surface area contributed by atoms with Crippen molar-refractivity contribution < 1.29 is 0 Å². The largest absolute Gasteiger partial charge is 0.309 e. The van der Waals surface area contributed by atoms with Gasteiger partial charge in [0.25, 0.3) is 0 Å². The third kappa shape index (κ3) is 2.81. The maximum absolute atomic E-state index is 4.67. The van der Waals surface area contributed by atoms with Crippen LogP contribution in [0.4, 0.5) is 0 Å². The highest BCUT2D eigenvalue weighted by Gasteiger charge is 2.15. The zero-order valence-corrected chi connectivity index (χ0v) is 13.0. The van der Waals surface area contributed by atoms with E-state index in [1.807, 2.05) is 0 Å². The monoisotopic (exact) mass is 311 g/mol. The van der Waals surface area contributed by atoms with Crippen LogP contribution in [-0.4, -0.2) is 24.8 Å². The van der Waals surface area contributed by atoms with E-state index in [4.69, 9.17) is 0 Å². The molecule has 5 nitrogen and oxygen atoms in total. The molecule has 0 saturated carbocycles. The summed E-state index contributed by atoms with van der Waals surface area (Å²) in [7, 11) is 0. The van der Waals surface area contributed by atoms with Crippen molar-refractivity contribution in [2.45, 2.75) is 35.8 Å². The van der Waals surface area contributed by atoms with Crippen molar-refractivity contribution in [2.24, 2.45) is 0 Å². The van der Waals surface area contributed by atoms with Crippen LogP contribution >= 0.6 is 34.6 Å². The number of fused-ring (bicyclic) bond motifs is 1. The van der Waals surface area contributed by atoms with E-state index in [1.54, 1.807) is 29.4 Å². The number of nitrogens with one attached hydrogen (secondary N) is 1. The summed E-state index contributed by atoms with van der Waals surface area (Å²) < 4.78 is 7.10. The summed E-state index contributed by atoms with van der Waals surface area (Å²) in [6.07, 6.45) is 3.64. The Morgan fingerprint density at radius 3 is 3.11 bits per heavy atom. The smallest absolute Gasteiger partial charge is 0.194 e. The van der Waals surface area contributed by atoms with Crippen LogP contribution < -0.4 is 5.32 Å². The Labute approximate surface area is 123 Å². The third-order valence-electron chi connectivity index (χ3n) is 2.53. The molecule has 3 rings (SSSR count). The molecule has 3 aromatic rings. The third-order valence-corrected chi connectivity index (χ3v) is 5.02. The molecule has 0 fully saturated rings. The van der Waals surface area contributed by atoms with Crippen molar-refractivity contribution >= 4 is 39.6 Å². The van der Waals surface area contributed by atoms with E-state index in [0.29, 0.717) is 6.04 Å². The second kappa shape index (κ2) is 5.58. The summed E-state index contributed by atoms with van der Waals surface area (Å²) >= 11 is 4.63. The van der Waals surface area contributed by atoms with Gasteiger partial charge in [-0.15, -0.1) is 11.3 Å². The van der Waals surface area contributed by atoms with Gasteiger partial charge in [-0.1, -0.05) is 13.8 Å². The van der Waals surface area contributed by atoms with E-state index < -0.39 is 0 Å². The standard InChI is InChI=1S/C11H13N5S3/c1-7(2)12-5-8-9(18-11-13-6-14-19-11)15-10-16(8)3-4-17-10/h3-4,6-7,12H,5H2,1-2H3. The molecule has 19 heavy (non-hydrogen) atoms. The highest BCUT2D eigenvalue weighted by molar-refractivity contribution is 8.00. The maximum Gasteiger partial charge on any atom is 0.194 e. The normalized spacial score (nSPS) is 11.7. The van der Waals surface area contributed by atoms with E-state index in [0.717, 1.165) is 20.9 Å². The number of thiazole rings is 1. The van der Waals surface area contributed by atoms with E-state index in [1.165, 1.54) is 17.2 Å². The van der Waals surface area contributed by atoms with E-state index in [-0.39, 0.29) is 0 Å². The lowest BCUT2D eigenvalue weighted by Crippen LogP contribution is -2.22. The van der Waals surface area contributed by atoms with Gasteiger partial charge in [-0.05, 0) is 23.3 Å². The summed E-state index contributed by atoms with van der Waals surface area (Å²) in [6, 6.07) is 0.448. The molecular formula is C11H13N5S3. The molecule has 0 saturated heterocycles. The number of imidazole rings is 1. The van der Waals surface area contributed by atoms with Crippen LogP contribution in [0.1, 0.15) is 19.5 Å². The zero-order valence-electron chi connectivity index (χ0n) is 10.5. The first-order valence-corrected chi connectivity index (χ1v) is 8.33. The Hall–Kier alpha value is -0.960. The van der Waals surface area contributed by atoms with Crippen molar-refractivity contribution in [3.8, 4) is 0 Å². The fraction of sp³-hybridized carbons (Fsp3) is 0.364. The predicted octanol–water partition coefficient (Wildman–Crippen LogP) is 2.90. The minimum atomic E-state index is 0.448. The summed E-state index contributed by atoms with van der Waals surface area (Å²) in [5.41, 5.74) is 1.19. The van der Waals surface area contributed by atoms with Crippen molar-refractivity contribution in [1.82, 2.24) is 24.1 Å². The number of hydrogen-bond acceptors (Lipinski definition) is 7. The minimum Gasteiger partial charge on any atom is -0.309 e. The average molecular weight is 311 g/mol. The van der Waals surface area contributed by atoms with Crippen molar-refractivity contribution in [3.05, 3.63) is 23.6 Å². The number of nitrogens with zero attached hydrogens (tertiary/aromatic N) is 4. The molecule has 0 atom stereocenters. The van der Waals surface area contributed by atoms with Crippen molar-refractivity contribution in [2.75, 3.05) is 0 Å². The van der Waals surface area contributed by atoms with E-state index in [9.17, 15) is 0 Å². The molecule has 0 aromatic carbocycles. The maximum atomic E-state index is 4.67. The van der Waals surface area contributed by atoms with Gasteiger partial charge in [0.1, 0.15) is 11.4 Å². The summed E-state index contributed by atoms with van der Waals surface area (Å²) in [5, 5.41) is 6.51. The van der Waals surface area contributed by atoms with Gasteiger partial charge in [0, 0.05) is 24.2 Å². The molecule has 0 unspecified atom stereocenters. The molecule has 1 N–H and O–H groups in total. The Kier molecular flexibility index (Phi) is 3.83. The van der Waals surface area contributed by atoms with Crippen LogP contribution in [0.3, 0.4) is 0 Å². The zero-order chi connectivity index (χ0) is 13.2. The fourth-order valence-electron chi connectivity index (χ4n) is 1.65. The van der Waals surface area contributed by atoms with Gasteiger partial charge < -0.3 is 5.32 Å². The first kappa shape index (κ1) is 13.0. The lowest BCUT2D eigenvalue weighted by molar-refractivity contribution is 0.574. The number of hydrogen-bond donors (Lipinski definition) is 1. The molecule has 3 aromatic heterocycles. The van der Waals surface area contributed by atoms with Crippen LogP contribution in [0.25, 0.3) is 4.96 Å².